The van der Waals surface area contributed by atoms with E-state index in [9.17, 15) is 5.11 Å². The van der Waals surface area contributed by atoms with E-state index in [0.717, 1.165) is 27.9 Å². The molecule has 1 atom stereocenters. The largest absolute Gasteiger partial charge is 0.386 e. The molecule has 0 bridgehead atoms. The van der Waals surface area contributed by atoms with E-state index >= 15 is 0 Å². The predicted octanol–water partition coefficient (Wildman–Crippen LogP) is 4.45. The number of benzene rings is 2. The first-order valence-electron chi connectivity index (χ1n) is 9.45. The maximum atomic E-state index is 10.6. The summed E-state index contributed by atoms with van der Waals surface area (Å²) >= 11 is 1.62. The number of nitrogens with one attached hydrogen (secondary N) is 2. The van der Waals surface area contributed by atoms with Crippen LogP contribution in [0.1, 0.15) is 29.0 Å². The average Bonchev–Trinajstić information content (AvgIpc) is 3.15. The Labute approximate surface area is 193 Å². The van der Waals surface area contributed by atoms with E-state index in [1.807, 2.05) is 31.2 Å². The molecule has 0 aliphatic rings. The van der Waals surface area contributed by atoms with E-state index in [4.69, 9.17) is 4.74 Å². The number of guanidine groups is 1. The maximum absolute atomic E-state index is 10.6. The van der Waals surface area contributed by atoms with Gasteiger partial charge in [-0.2, -0.15) is 0 Å². The summed E-state index contributed by atoms with van der Waals surface area (Å²) in [5, 5.41) is 18.2. The number of aliphatic hydroxyl groups excluding tert-OH is 1. The highest BCUT2D eigenvalue weighted by molar-refractivity contribution is 14.0. The van der Waals surface area contributed by atoms with Crippen LogP contribution in [0.2, 0.25) is 0 Å². The fourth-order valence-electron chi connectivity index (χ4n) is 2.97. The van der Waals surface area contributed by atoms with Gasteiger partial charge in [-0.05, 0) is 35.6 Å². The van der Waals surface area contributed by atoms with E-state index in [1.165, 1.54) is 4.70 Å². The van der Waals surface area contributed by atoms with Gasteiger partial charge in [0.05, 0.1) is 13.2 Å². The molecule has 3 aromatic rings. The van der Waals surface area contributed by atoms with Crippen molar-refractivity contribution in [2.45, 2.75) is 26.2 Å². The highest BCUT2D eigenvalue weighted by Gasteiger charge is 2.12. The third-order valence-corrected chi connectivity index (χ3v) is 5.62. The van der Waals surface area contributed by atoms with Crippen molar-refractivity contribution in [2.24, 2.45) is 4.99 Å². The van der Waals surface area contributed by atoms with Gasteiger partial charge in [-0.15, -0.1) is 35.3 Å². The molecule has 0 saturated carbocycles. The summed E-state index contributed by atoms with van der Waals surface area (Å²) in [6.07, 6.45) is -0.581. The van der Waals surface area contributed by atoms with Gasteiger partial charge < -0.3 is 20.5 Å². The van der Waals surface area contributed by atoms with Crippen molar-refractivity contribution < 1.29 is 9.84 Å². The van der Waals surface area contributed by atoms with Crippen molar-refractivity contribution >= 4 is 51.4 Å². The number of fused-ring (bicyclic) bond motifs is 1. The molecule has 3 rings (SSSR count). The van der Waals surface area contributed by atoms with E-state index in [2.05, 4.69) is 46.0 Å². The van der Waals surface area contributed by atoms with Crippen molar-refractivity contribution in [1.29, 1.82) is 0 Å². The van der Waals surface area contributed by atoms with Crippen LogP contribution in [0.4, 0.5) is 0 Å². The van der Waals surface area contributed by atoms with E-state index in [0.29, 0.717) is 25.7 Å². The Balaban J connectivity index is 0.00000300. The Morgan fingerprint density at radius 3 is 2.55 bits per heavy atom. The minimum absolute atomic E-state index is 0. The molecule has 3 N–H and O–H groups in total. The highest BCUT2D eigenvalue weighted by atomic mass is 127. The van der Waals surface area contributed by atoms with E-state index < -0.39 is 6.10 Å². The second-order valence-electron chi connectivity index (χ2n) is 6.48. The SMILES string of the molecule is CCNC(=NCc1ccccc1COC)NCC(O)c1cc2ccccc2s1.I. The third-order valence-electron chi connectivity index (χ3n) is 4.41. The van der Waals surface area contributed by atoms with Crippen molar-refractivity contribution in [3.63, 3.8) is 0 Å². The number of aliphatic imine (C=N–C) groups is 1. The van der Waals surface area contributed by atoms with Crippen LogP contribution >= 0.6 is 35.3 Å². The molecule has 0 aliphatic heterocycles. The monoisotopic (exact) mass is 525 g/mol. The first kappa shape index (κ1) is 23.6. The quantitative estimate of drug-likeness (QED) is 0.231. The summed E-state index contributed by atoms with van der Waals surface area (Å²) in [5.41, 5.74) is 2.27. The van der Waals surface area contributed by atoms with Gasteiger partial charge in [0.25, 0.3) is 0 Å². The number of aliphatic hydroxyl groups is 1. The van der Waals surface area contributed by atoms with Crippen LogP contribution in [-0.4, -0.2) is 31.3 Å². The molecular weight excluding hydrogens is 497 g/mol. The fourth-order valence-corrected chi connectivity index (χ4v) is 4.03. The van der Waals surface area contributed by atoms with Gasteiger partial charge in [-0.1, -0.05) is 42.5 Å². The van der Waals surface area contributed by atoms with Crippen molar-refractivity contribution in [2.75, 3.05) is 20.2 Å². The van der Waals surface area contributed by atoms with Gasteiger partial charge in [-0.25, -0.2) is 4.99 Å². The van der Waals surface area contributed by atoms with Crippen LogP contribution in [-0.2, 0) is 17.9 Å². The molecule has 0 amide bonds. The number of hydrogen-bond donors (Lipinski definition) is 3. The average molecular weight is 525 g/mol. The molecular formula is C22H28IN3O2S. The highest BCUT2D eigenvalue weighted by Crippen LogP contribution is 2.29. The molecule has 5 nitrogen and oxygen atoms in total. The molecule has 0 aliphatic carbocycles. The number of hydrogen-bond acceptors (Lipinski definition) is 4. The Morgan fingerprint density at radius 2 is 1.83 bits per heavy atom. The lowest BCUT2D eigenvalue weighted by molar-refractivity contribution is 0.184. The van der Waals surface area contributed by atoms with Crippen LogP contribution in [0.15, 0.2) is 59.6 Å². The fraction of sp³-hybridized carbons (Fsp3) is 0.318. The summed E-state index contributed by atoms with van der Waals surface area (Å²) < 4.78 is 6.45. The predicted molar refractivity (Wildman–Crippen MR) is 132 cm³/mol. The topological polar surface area (TPSA) is 65.9 Å². The van der Waals surface area contributed by atoms with Gasteiger partial charge in [0.1, 0.15) is 6.10 Å². The Bertz CT molecular complexity index is 896. The zero-order valence-corrected chi connectivity index (χ0v) is 19.9. The van der Waals surface area contributed by atoms with Gasteiger partial charge in [-0.3, -0.25) is 0 Å². The zero-order chi connectivity index (χ0) is 19.8. The summed E-state index contributed by atoms with van der Waals surface area (Å²) in [6.45, 7) is 4.30. The lowest BCUT2D eigenvalue weighted by atomic mass is 10.1. The number of rotatable bonds is 8. The van der Waals surface area contributed by atoms with Gasteiger partial charge in [0, 0.05) is 29.8 Å². The second kappa shape index (κ2) is 12.1. The van der Waals surface area contributed by atoms with Gasteiger partial charge in [0.2, 0.25) is 0 Å². The molecule has 0 saturated heterocycles. The lowest BCUT2D eigenvalue weighted by Crippen LogP contribution is -2.39. The van der Waals surface area contributed by atoms with Crippen LogP contribution in [0, 0.1) is 0 Å². The molecule has 1 aromatic heterocycles. The van der Waals surface area contributed by atoms with Crippen LogP contribution in [0.3, 0.4) is 0 Å². The molecule has 29 heavy (non-hydrogen) atoms. The minimum Gasteiger partial charge on any atom is -0.386 e. The van der Waals surface area contributed by atoms with Crippen molar-refractivity contribution in [3.8, 4) is 0 Å². The smallest absolute Gasteiger partial charge is 0.191 e. The number of halogens is 1. The van der Waals surface area contributed by atoms with Crippen molar-refractivity contribution in [1.82, 2.24) is 10.6 Å². The molecule has 0 fully saturated rings. The number of nitrogens with zero attached hydrogens (tertiary/aromatic N) is 1. The lowest BCUT2D eigenvalue weighted by Gasteiger charge is -2.15. The molecule has 7 heteroatoms. The molecule has 156 valence electrons. The molecule has 1 heterocycles. The molecule has 1 unspecified atom stereocenters. The third kappa shape index (κ3) is 6.67. The summed E-state index contributed by atoms with van der Waals surface area (Å²) in [5.74, 6) is 0.690. The summed E-state index contributed by atoms with van der Waals surface area (Å²) in [7, 11) is 1.70. The first-order valence-corrected chi connectivity index (χ1v) is 10.3. The zero-order valence-electron chi connectivity index (χ0n) is 16.7. The maximum Gasteiger partial charge on any atom is 0.191 e. The normalized spacial score (nSPS) is 12.4. The van der Waals surface area contributed by atoms with E-state index in [1.54, 1.807) is 18.4 Å². The molecule has 0 radical (unpaired) electrons. The van der Waals surface area contributed by atoms with Crippen LogP contribution < -0.4 is 10.6 Å². The Kier molecular flexibility index (Phi) is 9.86. The molecule has 0 spiro atoms. The van der Waals surface area contributed by atoms with E-state index in [-0.39, 0.29) is 24.0 Å². The number of ether oxygens (including phenoxy) is 1. The second-order valence-corrected chi connectivity index (χ2v) is 7.60. The Morgan fingerprint density at radius 1 is 1.10 bits per heavy atom. The van der Waals surface area contributed by atoms with Crippen molar-refractivity contribution in [3.05, 3.63) is 70.6 Å². The minimum atomic E-state index is -0.581. The molecule has 2 aromatic carbocycles. The summed E-state index contributed by atoms with van der Waals surface area (Å²) in [4.78, 5) is 5.62. The first-order chi connectivity index (χ1) is 13.7. The number of methoxy groups -OCH3 is 1. The summed E-state index contributed by atoms with van der Waals surface area (Å²) in [6, 6.07) is 18.4. The van der Waals surface area contributed by atoms with Crippen LogP contribution in [0.25, 0.3) is 10.1 Å². The Hall–Kier alpha value is -1.68. The van der Waals surface area contributed by atoms with Gasteiger partial charge in [0.15, 0.2) is 5.96 Å². The number of thiophene rings is 1. The standard InChI is InChI=1S/C22H27N3O2S.HI/c1-3-23-22(24-13-17-9-4-5-10-18(17)15-27-2)25-14-19(26)21-12-16-8-6-7-11-20(16)28-21;/h4-12,19,26H,3,13-15H2,1-2H3,(H2,23,24,25);1H. The van der Waals surface area contributed by atoms with Crippen LogP contribution in [0.5, 0.6) is 0 Å². The van der Waals surface area contributed by atoms with Gasteiger partial charge >= 0.3 is 0 Å².